The molecule has 1 saturated heterocycles. The zero-order chi connectivity index (χ0) is 14.3. The zero-order valence-corrected chi connectivity index (χ0v) is 14.0. The van der Waals surface area contributed by atoms with E-state index in [0.29, 0.717) is 5.41 Å². The Kier molecular flexibility index (Phi) is 20.7. The summed E-state index contributed by atoms with van der Waals surface area (Å²) < 4.78 is 0. The van der Waals surface area contributed by atoms with Crippen LogP contribution in [0, 0.1) is 5.41 Å². The first-order chi connectivity index (χ1) is 8.22. The normalized spacial score (nSPS) is 16.1. The molecule has 0 radical (unpaired) electrons. The second-order valence-electron chi connectivity index (χ2n) is 3.88. The quantitative estimate of drug-likeness (QED) is 0.806. The molecule has 0 amide bonds. The minimum atomic E-state index is 0.651. The first-order valence-electron chi connectivity index (χ1n) is 7.55. The monoisotopic (exact) mass is 246 g/mol. The molecule has 1 fully saturated rings. The topological polar surface area (TPSA) is 15.3 Å². The van der Waals surface area contributed by atoms with Crippen LogP contribution >= 0.6 is 0 Å². The molecule has 2 heteroatoms. The van der Waals surface area contributed by atoms with E-state index in [4.69, 9.17) is 0 Å². The van der Waals surface area contributed by atoms with E-state index in [1.807, 2.05) is 48.6 Å². The third-order valence-corrected chi connectivity index (χ3v) is 2.87. The predicted octanol–water partition coefficient (Wildman–Crippen LogP) is 4.02. The Bertz CT molecular complexity index is 118. The van der Waals surface area contributed by atoms with Gasteiger partial charge in [-0.25, -0.2) is 0 Å². The van der Waals surface area contributed by atoms with Gasteiger partial charge in [0.1, 0.15) is 0 Å². The standard InChI is InChI=1S/C9H20N2.3C2H6/c1-4-9(5-6-10-2)7-11(3)8-9;3*1-2/h10H,4-8H2,1-3H3;3*1-2H3. The van der Waals surface area contributed by atoms with Crippen LogP contribution in [0.4, 0.5) is 0 Å². The summed E-state index contributed by atoms with van der Waals surface area (Å²) in [6.45, 7) is 18.1. The molecule has 0 atom stereocenters. The van der Waals surface area contributed by atoms with E-state index in [1.54, 1.807) is 0 Å². The number of hydrogen-bond acceptors (Lipinski definition) is 2. The number of hydrogen-bond donors (Lipinski definition) is 1. The minimum Gasteiger partial charge on any atom is -0.320 e. The lowest BCUT2D eigenvalue weighted by atomic mass is 9.75. The van der Waals surface area contributed by atoms with Crippen LogP contribution in [-0.2, 0) is 0 Å². The van der Waals surface area contributed by atoms with Crippen molar-refractivity contribution in [2.24, 2.45) is 5.41 Å². The van der Waals surface area contributed by atoms with Crippen molar-refractivity contribution in [1.29, 1.82) is 0 Å². The van der Waals surface area contributed by atoms with Gasteiger partial charge in [-0.2, -0.15) is 0 Å². The van der Waals surface area contributed by atoms with E-state index in [2.05, 4.69) is 24.2 Å². The fraction of sp³-hybridized carbons (Fsp3) is 1.00. The van der Waals surface area contributed by atoms with Crippen LogP contribution in [0.5, 0.6) is 0 Å². The van der Waals surface area contributed by atoms with Gasteiger partial charge in [-0.15, -0.1) is 0 Å². The molecule has 17 heavy (non-hydrogen) atoms. The zero-order valence-electron chi connectivity index (χ0n) is 14.0. The Balaban J connectivity index is -0.000000285. The molecule has 1 rings (SSSR count). The molecule has 0 saturated carbocycles. The molecule has 0 spiro atoms. The van der Waals surface area contributed by atoms with Gasteiger partial charge in [0.2, 0.25) is 0 Å². The van der Waals surface area contributed by atoms with Crippen LogP contribution in [0.25, 0.3) is 0 Å². The van der Waals surface area contributed by atoms with Gasteiger partial charge >= 0.3 is 0 Å². The van der Waals surface area contributed by atoms with Crippen LogP contribution < -0.4 is 5.32 Å². The molecule has 0 bridgehead atoms. The van der Waals surface area contributed by atoms with Crippen molar-refractivity contribution in [3.05, 3.63) is 0 Å². The maximum Gasteiger partial charge on any atom is 0.00478 e. The third kappa shape index (κ3) is 9.61. The van der Waals surface area contributed by atoms with E-state index in [-0.39, 0.29) is 0 Å². The Morgan fingerprint density at radius 2 is 1.41 bits per heavy atom. The Labute approximate surface area is 111 Å². The molecule has 1 heterocycles. The molecule has 108 valence electrons. The highest BCUT2D eigenvalue weighted by molar-refractivity contribution is 4.92. The Morgan fingerprint density at radius 1 is 1.00 bits per heavy atom. The predicted molar refractivity (Wildman–Crippen MR) is 82.8 cm³/mol. The molecule has 1 aliphatic heterocycles. The lowest BCUT2D eigenvalue weighted by Crippen LogP contribution is -2.54. The Hall–Kier alpha value is -0.0800. The highest BCUT2D eigenvalue weighted by Gasteiger charge is 2.38. The summed E-state index contributed by atoms with van der Waals surface area (Å²) in [5, 5.41) is 3.22. The summed E-state index contributed by atoms with van der Waals surface area (Å²) in [7, 11) is 4.24. The number of nitrogens with zero attached hydrogens (tertiary/aromatic N) is 1. The van der Waals surface area contributed by atoms with Gasteiger partial charge in [0.25, 0.3) is 0 Å². The molecule has 1 N–H and O–H groups in total. The largest absolute Gasteiger partial charge is 0.320 e. The van der Waals surface area contributed by atoms with E-state index in [1.165, 1.54) is 32.5 Å². The van der Waals surface area contributed by atoms with Gasteiger partial charge in [0.15, 0.2) is 0 Å². The van der Waals surface area contributed by atoms with Crippen molar-refractivity contribution >= 4 is 0 Å². The highest BCUT2D eigenvalue weighted by atomic mass is 15.2. The number of nitrogens with one attached hydrogen (secondary N) is 1. The second-order valence-corrected chi connectivity index (χ2v) is 3.88. The smallest absolute Gasteiger partial charge is 0.00478 e. The van der Waals surface area contributed by atoms with Crippen LogP contribution in [0.1, 0.15) is 61.3 Å². The van der Waals surface area contributed by atoms with Crippen molar-refractivity contribution in [3.63, 3.8) is 0 Å². The first-order valence-corrected chi connectivity index (χ1v) is 7.55. The van der Waals surface area contributed by atoms with Crippen LogP contribution in [-0.4, -0.2) is 38.6 Å². The molecular weight excluding hydrogens is 208 g/mol. The van der Waals surface area contributed by atoms with E-state index in [0.717, 1.165) is 0 Å². The van der Waals surface area contributed by atoms with Crippen LogP contribution in [0.3, 0.4) is 0 Å². The SMILES string of the molecule is CC.CC.CC.CCC1(CCNC)CN(C)C1. The lowest BCUT2D eigenvalue weighted by Gasteiger charge is -2.48. The van der Waals surface area contributed by atoms with Gasteiger partial charge in [-0.05, 0) is 38.9 Å². The average molecular weight is 246 g/mol. The molecule has 1 aliphatic rings. The molecule has 0 aromatic rings. The van der Waals surface area contributed by atoms with Gasteiger partial charge in [-0.1, -0.05) is 48.5 Å². The summed E-state index contributed by atoms with van der Waals surface area (Å²) in [6.07, 6.45) is 2.67. The second kappa shape index (κ2) is 15.9. The summed E-state index contributed by atoms with van der Waals surface area (Å²) in [5.74, 6) is 0. The van der Waals surface area contributed by atoms with Gasteiger partial charge in [0.05, 0.1) is 0 Å². The first kappa shape index (κ1) is 22.1. The summed E-state index contributed by atoms with van der Waals surface area (Å²) in [5.41, 5.74) is 0.651. The minimum absolute atomic E-state index is 0.651. The summed E-state index contributed by atoms with van der Waals surface area (Å²) in [4.78, 5) is 2.40. The maximum atomic E-state index is 3.22. The molecule has 0 aromatic carbocycles. The Morgan fingerprint density at radius 3 is 1.65 bits per heavy atom. The third-order valence-electron chi connectivity index (χ3n) is 2.87. The van der Waals surface area contributed by atoms with Crippen molar-refractivity contribution in [3.8, 4) is 0 Å². The van der Waals surface area contributed by atoms with Gasteiger partial charge < -0.3 is 10.2 Å². The van der Waals surface area contributed by atoms with Crippen LogP contribution in [0.2, 0.25) is 0 Å². The van der Waals surface area contributed by atoms with Crippen molar-refractivity contribution in [1.82, 2.24) is 10.2 Å². The molecule has 0 unspecified atom stereocenters. The van der Waals surface area contributed by atoms with Gasteiger partial charge in [0, 0.05) is 13.1 Å². The van der Waals surface area contributed by atoms with Crippen LogP contribution in [0.15, 0.2) is 0 Å². The van der Waals surface area contributed by atoms with E-state index in [9.17, 15) is 0 Å². The average Bonchev–Trinajstić information content (AvgIpc) is 2.40. The van der Waals surface area contributed by atoms with E-state index < -0.39 is 0 Å². The highest BCUT2D eigenvalue weighted by Crippen LogP contribution is 2.35. The maximum absolute atomic E-state index is 3.22. The number of rotatable bonds is 4. The molecular formula is C15H38N2. The van der Waals surface area contributed by atoms with Crippen molar-refractivity contribution < 1.29 is 0 Å². The van der Waals surface area contributed by atoms with Crippen molar-refractivity contribution in [2.45, 2.75) is 61.3 Å². The van der Waals surface area contributed by atoms with Gasteiger partial charge in [-0.3, -0.25) is 0 Å². The fourth-order valence-electron chi connectivity index (χ4n) is 2.05. The number of likely N-dealkylation sites (tertiary alicyclic amines) is 1. The summed E-state index contributed by atoms with van der Waals surface area (Å²) >= 11 is 0. The van der Waals surface area contributed by atoms with E-state index >= 15 is 0 Å². The lowest BCUT2D eigenvalue weighted by molar-refractivity contribution is 0.0119. The molecule has 0 aromatic heterocycles. The fourth-order valence-corrected chi connectivity index (χ4v) is 2.05. The molecule has 0 aliphatic carbocycles. The molecule has 2 nitrogen and oxygen atoms in total. The van der Waals surface area contributed by atoms with Crippen molar-refractivity contribution in [2.75, 3.05) is 33.7 Å². The summed E-state index contributed by atoms with van der Waals surface area (Å²) in [6, 6.07) is 0.